The van der Waals surface area contributed by atoms with Crippen molar-refractivity contribution >= 4 is 11.7 Å². The summed E-state index contributed by atoms with van der Waals surface area (Å²) in [6, 6.07) is 13.0. The number of pyridine rings is 1. The Hall–Kier alpha value is -3.32. The first kappa shape index (κ1) is 18.1. The number of nitrogens with one attached hydrogen (secondary N) is 2. The van der Waals surface area contributed by atoms with Crippen molar-refractivity contribution in [3.05, 3.63) is 71.7 Å². The lowest BCUT2D eigenvalue weighted by molar-refractivity contribution is -0.118. The number of anilines is 1. The minimum atomic E-state index is -0.554. The molecule has 0 unspecified atom stereocenters. The molecule has 1 aliphatic rings. The zero-order valence-electron chi connectivity index (χ0n) is 15.4. The Morgan fingerprint density at radius 1 is 1.14 bits per heavy atom. The van der Waals surface area contributed by atoms with Crippen LogP contribution in [0, 0.1) is 0 Å². The molecular formula is C21H22N6O. The van der Waals surface area contributed by atoms with Crippen LogP contribution < -0.4 is 16.4 Å². The maximum absolute atomic E-state index is 12.1. The number of amides is 1. The summed E-state index contributed by atoms with van der Waals surface area (Å²) in [5, 5.41) is 6.64. The number of fused-ring (bicyclic) bond motifs is 1. The zero-order valence-corrected chi connectivity index (χ0v) is 15.4. The van der Waals surface area contributed by atoms with Crippen molar-refractivity contribution in [2.45, 2.75) is 25.4 Å². The Morgan fingerprint density at radius 3 is 2.68 bits per heavy atom. The van der Waals surface area contributed by atoms with Gasteiger partial charge in [0.1, 0.15) is 11.9 Å². The quantitative estimate of drug-likeness (QED) is 0.606. The summed E-state index contributed by atoms with van der Waals surface area (Å²) >= 11 is 0. The Morgan fingerprint density at radius 2 is 1.93 bits per heavy atom. The molecule has 2 aromatic heterocycles. The van der Waals surface area contributed by atoms with Gasteiger partial charge in [-0.05, 0) is 30.7 Å². The average Bonchev–Trinajstić information content (AvgIpc) is 2.74. The number of primary amides is 1. The molecule has 1 amide bonds. The van der Waals surface area contributed by atoms with E-state index in [9.17, 15) is 4.79 Å². The fraction of sp³-hybridized carbons (Fsp3) is 0.238. The first-order valence-electron chi connectivity index (χ1n) is 9.31. The number of hydrogen-bond acceptors (Lipinski definition) is 6. The molecule has 0 saturated carbocycles. The maximum Gasteiger partial charge on any atom is 0.240 e. The van der Waals surface area contributed by atoms with E-state index in [1.165, 1.54) is 0 Å². The van der Waals surface area contributed by atoms with Crippen LogP contribution in [0.5, 0.6) is 0 Å². The van der Waals surface area contributed by atoms with Gasteiger partial charge in [-0.2, -0.15) is 0 Å². The normalized spacial score (nSPS) is 14.1. The largest absolute Gasteiger partial charge is 0.368 e. The number of aromatic nitrogens is 3. The monoisotopic (exact) mass is 374 g/mol. The van der Waals surface area contributed by atoms with Crippen LogP contribution in [0.25, 0.3) is 11.4 Å². The van der Waals surface area contributed by atoms with E-state index in [0.29, 0.717) is 24.6 Å². The van der Waals surface area contributed by atoms with Crippen LogP contribution in [0.1, 0.15) is 16.8 Å². The van der Waals surface area contributed by atoms with Crippen molar-refractivity contribution in [1.29, 1.82) is 0 Å². The smallest absolute Gasteiger partial charge is 0.240 e. The highest BCUT2D eigenvalue weighted by atomic mass is 16.1. The first-order chi connectivity index (χ1) is 13.7. The fourth-order valence-corrected chi connectivity index (χ4v) is 3.35. The van der Waals surface area contributed by atoms with Crippen LogP contribution in [0.4, 0.5) is 5.82 Å². The lowest BCUT2D eigenvalue weighted by Gasteiger charge is -2.23. The molecule has 0 saturated heterocycles. The molecule has 0 fully saturated rings. The van der Waals surface area contributed by atoms with Gasteiger partial charge in [0.15, 0.2) is 5.82 Å². The topological polar surface area (TPSA) is 106 Å². The predicted octanol–water partition coefficient (Wildman–Crippen LogP) is 1.69. The second-order valence-electron chi connectivity index (χ2n) is 6.77. The summed E-state index contributed by atoms with van der Waals surface area (Å²) in [5.74, 6) is 0.879. The third kappa shape index (κ3) is 3.99. The fourth-order valence-electron chi connectivity index (χ4n) is 3.35. The van der Waals surface area contributed by atoms with Gasteiger partial charge in [-0.15, -0.1) is 0 Å². The minimum absolute atomic E-state index is 0.407. The van der Waals surface area contributed by atoms with E-state index < -0.39 is 11.9 Å². The average molecular weight is 374 g/mol. The summed E-state index contributed by atoms with van der Waals surface area (Å²) in [6.07, 6.45) is 4.72. The maximum atomic E-state index is 12.1. The van der Waals surface area contributed by atoms with Gasteiger partial charge in [0.25, 0.3) is 0 Å². The lowest BCUT2D eigenvalue weighted by atomic mass is 10.0. The SMILES string of the molecule is NC(=O)[C@H](Cc1ccccc1)Nc1nc(-c2ccncc2)nc2c1CCNC2. The summed E-state index contributed by atoms with van der Waals surface area (Å²) < 4.78 is 0. The van der Waals surface area contributed by atoms with Crippen molar-refractivity contribution in [2.75, 3.05) is 11.9 Å². The van der Waals surface area contributed by atoms with E-state index in [-0.39, 0.29) is 0 Å². The molecule has 7 heteroatoms. The van der Waals surface area contributed by atoms with Gasteiger partial charge in [-0.25, -0.2) is 9.97 Å². The predicted molar refractivity (Wildman–Crippen MR) is 107 cm³/mol. The number of nitrogens with zero attached hydrogens (tertiary/aromatic N) is 3. The molecule has 1 aromatic carbocycles. The van der Waals surface area contributed by atoms with E-state index in [1.807, 2.05) is 42.5 Å². The minimum Gasteiger partial charge on any atom is -0.368 e. The lowest BCUT2D eigenvalue weighted by Crippen LogP contribution is -2.38. The van der Waals surface area contributed by atoms with Crippen molar-refractivity contribution in [1.82, 2.24) is 20.3 Å². The van der Waals surface area contributed by atoms with Crippen LogP contribution in [0.2, 0.25) is 0 Å². The number of hydrogen-bond donors (Lipinski definition) is 3. The van der Waals surface area contributed by atoms with E-state index in [2.05, 4.69) is 15.6 Å². The number of nitrogens with two attached hydrogens (primary N) is 1. The molecule has 4 rings (SSSR count). The Labute approximate surface area is 163 Å². The first-order valence-corrected chi connectivity index (χ1v) is 9.31. The zero-order chi connectivity index (χ0) is 19.3. The second kappa shape index (κ2) is 8.14. The van der Waals surface area contributed by atoms with Gasteiger partial charge in [0.05, 0.1) is 5.69 Å². The van der Waals surface area contributed by atoms with Crippen molar-refractivity contribution in [3.63, 3.8) is 0 Å². The van der Waals surface area contributed by atoms with Crippen molar-refractivity contribution < 1.29 is 4.79 Å². The van der Waals surface area contributed by atoms with Crippen molar-refractivity contribution in [3.8, 4) is 11.4 Å². The molecule has 1 aliphatic heterocycles. The highest BCUT2D eigenvalue weighted by molar-refractivity contribution is 5.83. The van der Waals surface area contributed by atoms with Crippen LogP contribution >= 0.6 is 0 Å². The van der Waals surface area contributed by atoms with Gasteiger partial charge in [-0.1, -0.05) is 30.3 Å². The molecule has 28 heavy (non-hydrogen) atoms. The number of carbonyl (C=O) groups is 1. The molecule has 0 spiro atoms. The van der Waals surface area contributed by atoms with Crippen LogP contribution in [0.15, 0.2) is 54.9 Å². The molecule has 4 N–H and O–H groups in total. The standard InChI is InChI=1S/C21H22N6O/c22-19(28)17(12-14-4-2-1-3-5-14)25-21-16-8-11-24-13-18(16)26-20(27-21)15-6-9-23-10-7-15/h1-7,9-10,17,24H,8,11-13H2,(H2,22,28)(H,25,26,27)/t17-/m0/s1. The van der Waals surface area contributed by atoms with E-state index in [4.69, 9.17) is 15.7 Å². The molecule has 142 valence electrons. The summed E-state index contributed by atoms with van der Waals surface area (Å²) in [7, 11) is 0. The van der Waals surface area contributed by atoms with Crippen molar-refractivity contribution in [2.24, 2.45) is 5.73 Å². The van der Waals surface area contributed by atoms with Crippen LogP contribution in [0.3, 0.4) is 0 Å². The van der Waals surface area contributed by atoms with E-state index >= 15 is 0 Å². The third-order valence-electron chi connectivity index (χ3n) is 4.81. The van der Waals surface area contributed by atoms with Gasteiger partial charge in [0, 0.05) is 36.5 Å². The number of carbonyl (C=O) groups excluding carboxylic acids is 1. The molecule has 0 radical (unpaired) electrons. The highest BCUT2D eigenvalue weighted by Crippen LogP contribution is 2.25. The molecule has 3 heterocycles. The molecule has 7 nitrogen and oxygen atoms in total. The summed E-state index contributed by atoms with van der Waals surface area (Å²) in [6.45, 7) is 1.52. The van der Waals surface area contributed by atoms with E-state index in [1.54, 1.807) is 12.4 Å². The molecule has 1 atom stereocenters. The van der Waals surface area contributed by atoms with Crippen LogP contribution in [-0.2, 0) is 24.2 Å². The Balaban J connectivity index is 1.69. The summed E-state index contributed by atoms with van der Waals surface area (Å²) in [4.78, 5) is 25.6. The highest BCUT2D eigenvalue weighted by Gasteiger charge is 2.23. The van der Waals surface area contributed by atoms with Gasteiger partial charge < -0.3 is 16.4 Å². The molecule has 0 bridgehead atoms. The van der Waals surface area contributed by atoms with Crippen LogP contribution in [-0.4, -0.2) is 33.4 Å². The molecule has 3 aromatic rings. The third-order valence-corrected chi connectivity index (χ3v) is 4.81. The summed E-state index contributed by atoms with van der Waals surface area (Å²) in [5.41, 5.74) is 9.59. The Bertz CT molecular complexity index is 961. The molecular weight excluding hydrogens is 352 g/mol. The van der Waals surface area contributed by atoms with Gasteiger partial charge >= 0.3 is 0 Å². The van der Waals surface area contributed by atoms with Gasteiger partial charge in [0.2, 0.25) is 5.91 Å². The second-order valence-corrected chi connectivity index (χ2v) is 6.77. The number of rotatable bonds is 6. The number of benzene rings is 1. The Kier molecular flexibility index (Phi) is 5.25. The van der Waals surface area contributed by atoms with Gasteiger partial charge in [-0.3, -0.25) is 9.78 Å². The molecule has 0 aliphatic carbocycles. The van der Waals surface area contributed by atoms with E-state index in [0.717, 1.165) is 35.3 Å².